The third-order valence-corrected chi connectivity index (χ3v) is 2.97. The lowest BCUT2D eigenvalue weighted by atomic mass is 10.0. The second-order valence-electron chi connectivity index (χ2n) is 5.21. The number of likely N-dealkylation sites (N-methyl/N-ethyl adjacent to an activating group) is 1. The standard InChI is InChI=1S/C14H25N3O/c1-10(2)14(9-17(3)4)16-13-7-6-11(18-5)8-12(13)15/h6-8,10,14,16H,9,15H2,1-5H3. The highest BCUT2D eigenvalue weighted by Gasteiger charge is 2.15. The Morgan fingerprint density at radius 1 is 1.33 bits per heavy atom. The summed E-state index contributed by atoms with van der Waals surface area (Å²) in [6.45, 7) is 5.39. The van der Waals surface area contributed by atoms with E-state index in [1.54, 1.807) is 7.11 Å². The summed E-state index contributed by atoms with van der Waals surface area (Å²) in [5.74, 6) is 1.32. The van der Waals surface area contributed by atoms with Crippen LogP contribution in [0.5, 0.6) is 5.75 Å². The summed E-state index contributed by atoms with van der Waals surface area (Å²) in [5.41, 5.74) is 7.71. The van der Waals surface area contributed by atoms with Gasteiger partial charge in [0.2, 0.25) is 0 Å². The smallest absolute Gasteiger partial charge is 0.121 e. The van der Waals surface area contributed by atoms with Crippen LogP contribution in [0, 0.1) is 5.92 Å². The number of benzene rings is 1. The molecule has 0 spiro atoms. The average Bonchev–Trinajstić information content (AvgIpc) is 2.29. The number of rotatable bonds is 6. The van der Waals surface area contributed by atoms with Gasteiger partial charge in [0, 0.05) is 18.7 Å². The van der Waals surface area contributed by atoms with Crippen molar-refractivity contribution in [1.29, 1.82) is 0 Å². The van der Waals surface area contributed by atoms with Gasteiger partial charge in [-0.15, -0.1) is 0 Å². The van der Waals surface area contributed by atoms with E-state index in [2.05, 4.69) is 38.2 Å². The molecule has 0 saturated heterocycles. The predicted molar refractivity (Wildman–Crippen MR) is 78.2 cm³/mol. The fourth-order valence-corrected chi connectivity index (χ4v) is 1.82. The molecule has 1 unspecified atom stereocenters. The van der Waals surface area contributed by atoms with E-state index >= 15 is 0 Å². The Kier molecular flexibility index (Phi) is 5.28. The second-order valence-corrected chi connectivity index (χ2v) is 5.21. The topological polar surface area (TPSA) is 50.5 Å². The lowest BCUT2D eigenvalue weighted by Crippen LogP contribution is -2.36. The second kappa shape index (κ2) is 6.50. The van der Waals surface area contributed by atoms with Crippen LogP contribution in [0.15, 0.2) is 18.2 Å². The first-order valence-corrected chi connectivity index (χ1v) is 6.28. The van der Waals surface area contributed by atoms with Crippen molar-refractivity contribution in [3.63, 3.8) is 0 Å². The zero-order valence-corrected chi connectivity index (χ0v) is 12.0. The van der Waals surface area contributed by atoms with Gasteiger partial charge in [-0.3, -0.25) is 0 Å². The summed E-state index contributed by atoms with van der Waals surface area (Å²) in [6.07, 6.45) is 0. The number of methoxy groups -OCH3 is 1. The first-order valence-electron chi connectivity index (χ1n) is 6.28. The highest BCUT2D eigenvalue weighted by Crippen LogP contribution is 2.25. The summed E-state index contributed by atoms with van der Waals surface area (Å²) in [6, 6.07) is 6.11. The van der Waals surface area contributed by atoms with E-state index in [1.165, 1.54) is 0 Å². The molecule has 0 amide bonds. The molecule has 18 heavy (non-hydrogen) atoms. The van der Waals surface area contributed by atoms with E-state index in [9.17, 15) is 0 Å². The van der Waals surface area contributed by atoms with Crippen molar-refractivity contribution in [3.8, 4) is 5.75 Å². The molecule has 0 aliphatic rings. The van der Waals surface area contributed by atoms with Crippen LogP contribution >= 0.6 is 0 Å². The number of nitrogens with zero attached hydrogens (tertiary/aromatic N) is 1. The molecule has 1 atom stereocenters. The number of nitrogens with one attached hydrogen (secondary N) is 1. The zero-order valence-electron chi connectivity index (χ0n) is 12.0. The maximum Gasteiger partial charge on any atom is 0.121 e. The van der Waals surface area contributed by atoms with E-state index in [0.717, 1.165) is 23.7 Å². The van der Waals surface area contributed by atoms with Gasteiger partial charge in [0.25, 0.3) is 0 Å². The molecule has 3 N–H and O–H groups in total. The molecule has 0 heterocycles. The molecule has 4 nitrogen and oxygen atoms in total. The maximum atomic E-state index is 6.02. The Hall–Kier alpha value is -1.42. The van der Waals surface area contributed by atoms with Crippen LogP contribution in [0.2, 0.25) is 0 Å². The molecule has 1 aromatic rings. The lowest BCUT2D eigenvalue weighted by Gasteiger charge is -2.27. The quantitative estimate of drug-likeness (QED) is 0.762. The lowest BCUT2D eigenvalue weighted by molar-refractivity contribution is 0.344. The van der Waals surface area contributed by atoms with E-state index in [4.69, 9.17) is 10.5 Å². The Bertz CT molecular complexity index is 377. The minimum Gasteiger partial charge on any atom is -0.497 e. The molecular formula is C14H25N3O. The highest BCUT2D eigenvalue weighted by atomic mass is 16.5. The fourth-order valence-electron chi connectivity index (χ4n) is 1.82. The van der Waals surface area contributed by atoms with Gasteiger partial charge in [-0.1, -0.05) is 13.8 Å². The number of anilines is 2. The Morgan fingerprint density at radius 3 is 2.44 bits per heavy atom. The summed E-state index contributed by atoms with van der Waals surface area (Å²) < 4.78 is 5.15. The van der Waals surface area contributed by atoms with Gasteiger partial charge in [-0.25, -0.2) is 0 Å². The molecule has 0 radical (unpaired) electrons. The van der Waals surface area contributed by atoms with Gasteiger partial charge < -0.3 is 20.7 Å². The van der Waals surface area contributed by atoms with E-state index in [-0.39, 0.29) is 0 Å². The van der Waals surface area contributed by atoms with Crippen molar-refractivity contribution in [1.82, 2.24) is 4.90 Å². The Morgan fingerprint density at radius 2 is 2.00 bits per heavy atom. The molecule has 0 aliphatic heterocycles. The molecule has 0 aliphatic carbocycles. The number of nitrogens with two attached hydrogens (primary N) is 1. The third kappa shape index (κ3) is 4.11. The fraction of sp³-hybridized carbons (Fsp3) is 0.571. The van der Waals surface area contributed by atoms with E-state index < -0.39 is 0 Å². The number of hydrogen-bond donors (Lipinski definition) is 2. The number of nitrogen functional groups attached to an aromatic ring is 1. The molecule has 0 saturated carbocycles. The molecule has 0 aromatic heterocycles. The van der Waals surface area contributed by atoms with Crippen LogP contribution in [0.25, 0.3) is 0 Å². The van der Waals surface area contributed by atoms with Crippen molar-refractivity contribution in [3.05, 3.63) is 18.2 Å². The van der Waals surface area contributed by atoms with Crippen molar-refractivity contribution in [2.24, 2.45) is 5.92 Å². The first kappa shape index (κ1) is 14.6. The van der Waals surface area contributed by atoms with E-state index in [1.807, 2.05) is 18.2 Å². The third-order valence-electron chi connectivity index (χ3n) is 2.97. The van der Waals surface area contributed by atoms with Crippen molar-refractivity contribution in [2.45, 2.75) is 19.9 Å². The highest BCUT2D eigenvalue weighted by molar-refractivity contribution is 5.68. The van der Waals surface area contributed by atoms with Crippen LogP contribution < -0.4 is 15.8 Å². The SMILES string of the molecule is COc1ccc(NC(CN(C)C)C(C)C)c(N)c1. The van der Waals surface area contributed by atoms with Gasteiger partial charge in [0.15, 0.2) is 0 Å². The van der Waals surface area contributed by atoms with Crippen LogP contribution in [0.3, 0.4) is 0 Å². The monoisotopic (exact) mass is 251 g/mol. The largest absolute Gasteiger partial charge is 0.497 e. The Balaban J connectivity index is 2.80. The number of hydrogen-bond acceptors (Lipinski definition) is 4. The minimum atomic E-state index is 0.371. The summed E-state index contributed by atoms with van der Waals surface area (Å²) in [5, 5.41) is 3.51. The van der Waals surface area contributed by atoms with Crippen LogP contribution in [0.1, 0.15) is 13.8 Å². The van der Waals surface area contributed by atoms with Gasteiger partial charge >= 0.3 is 0 Å². The Labute approximate surface area is 110 Å². The normalized spacial score (nSPS) is 12.8. The van der Waals surface area contributed by atoms with Crippen LogP contribution in [-0.4, -0.2) is 38.7 Å². The van der Waals surface area contributed by atoms with Gasteiger partial charge in [0.05, 0.1) is 18.5 Å². The minimum absolute atomic E-state index is 0.371. The van der Waals surface area contributed by atoms with Gasteiger partial charge in [-0.05, 0) is 32.1 Å². The van der Waals surface area contributed by atoms with Crippen molar-refractivity contribution < 1.29 is 4.74 Å². The molecule has 1 rings (SSSR count). The average molecular weight is 251 g/mol. The predicted octanol–water partition coefficient (Wildman–Crippen LogP) is 2.28. The van der Waals surface area contributed by atoms with Gasteiger partial charge in [-0.2, -0.15) is 0 Å². The molecular weight excluding hydrogens is 226 g/mol. The molecule has 0 bridgehead atoms. The maximum absolute atomic E-state index is 6.02. The molecule has 102 valence electrons. The molecule has 4 heteroatoms. The van der Waals surface area contributed by atoms with Crippen molar-refractivity contribution >= 4 is 11.4 Å². The molecule has 0 fully saturated rings. The van der Waals surface area contributed by atoms with Crippen LogP contribution in [0.4, 0.5) is 11.4 Å². The van der Waals surface area contributed by atoms with Crippen molar-refractivity contribution in [2.75, 3.05) is 38.8 Å². The summed E-state index contributed by atoms with van der Waals surface area (Å²) in [7, 11) is 5.80. The molecule has 1 aromatic carbocycles. The zero-order chi connectivity index (χ0) is 13.7. The summed E-state index contributed by atoms with van der Waals surface area (Å²) >= 11 is 0. The van der Waals surface area contributed by atoms with Gasteiger partial charge in [0.1, 0.15) is 5.75 Å². The first-order chi connectivity index (χ1) is 8.43. The van der Waals surface area contributed by atoms with E-state index in [0.29, 0.717) is 12.0 Å². The number of ether oxygens (including phenoxy) is 1. The summed E-state index contributed by atoms with van der Waals surface area (Å²) in [4.78, 5) is 2.18. The van der Waals surface area contributed by atoms with Crippen LogP contribution in [-0.2, 0) is 0 Å².